The van der Waals surface area contributed by atoms with Crippen molar-refractivity contribution < 1.29 is 13.6 Å². The van der Waals surface area contributed by atoms with Crippen LogP contribution in [0.4, 0.5) is 5.69 Å². The highest BCUT2D eigenvalue weighted by atomic mass is 35.5. The first-order valence-electron chi connectivity index (χ1n) is 9.69. The normalized spacial score (nSPS) is 15.8. The van der Waals surface area contributed by atoms with Crippen LogP contribution in [0.5, 0.6) is 0 Å². The average molecular weight is 436 g/mol. The Labute approximate surface area is 182 Å². The van der Waals surface area contributed by atoms with Gasteiger partial charge in [0.25, 0.3) is 5.91 Å². The fourth-order valence-corrected chi connectivity index (χ4v) is 3.77. The molecule has 1 atom stereocenters. The van der Waals surface area contributed by atoms with Crippen LogP contribution in [0.25, 0.3) is 5.69 Å². The molecule has 4 heterocycles. The maximum Gasteiger partial charge on any atom is 0.262 e. The van der Waals surface area contributed by atoms with Gasteiger partial charge in [-0.1, -0.05) is 11.6 Å². The van der Waals surface area contributed by atoms with E-state index in [2.05, 4.69) is 15.5 Å². The second kappa shape index (κ2) is 8.16. The van der Waals surface area contributed by atoms with Crippen molar-refractivity contribution in [2.45, 2.75) is 12.5 Å². The van der Waals surface area contributed by atoms with Gasteiger partial charge in [-0.15, -0.1) is 0 Å². The van der Waals surface area contributed by atoms with Gasteiger partial charge >= 0.3 is 0 Å². The average Bonchev–Trinajstić information content (AvgIpc) is 3.57. The molecule has 0 bridgehead atoms. The van der Waals surface area contributed by atoms with Crippen molar-refractivity contribution in [1.82, 2.24) is 14.8 Å². The molecule has 1 aliphatic rings. The van der Waals surface area contributed by atoms with E-state index in [1.54, 1.807) is 41.6 Å². The number of rotatable bonds is 6. The molecular weight excluding hydrogens is 418 g/mol. The topological polar surface area (TPSA) is 88.8 Å². The second-order valence-electron chi connectivity index (χ2n) is 6.97. The van der Waals surface area contributed by atoms with Crippen molar-refractivity contribution in [1.29, 1.82) is 0 Å². The summed E-state index contributed by atoms with van der Waals surface area (Å²) in [7, 11) is 0. The SMILES string of the molecule is O=C(CNc1ccc(-n2cccn2)c(Cl)c1)N1N=C(c2ccco2)CC1c1ccco1. The zero-order valence-electron chi connectivity index (χ0n) is 16.3. The number of carbonyl (C=O) groups excluding carboxylic acids is 1. The molecule has 8 nitrogen and oxygen atoms in total. The number of amides is 1. The van der Waals surface area contributed by atoms with Gasteiger partial charge in [-0.25, -0.2) is 9.69 Å². The molecule has 1 unspecified atom stereocenters. The summed E-state index contributed by atoms with van der Waals surface area (Å²) in [4.78, 5) is 13.0. The molecule has 3 aromatic heterocycles. The number of nitrogens with one attached hydrogen (secondary N) is 1. The standard InChI is InChI=1S/C22H18ClN5O3/c23-16-12-15(6-7-18(16)27-9-3-8-25-27)24-14-22(29)28-19(21-5-2-11-31-21)13-17(26-28)20-4-1-10-30-20/h1-12,19,24H,13-14H2. The predicted molar refractivity (Wildman–Crippen MR) is 115 cm³/mol. The zero-order valence-corrected chi connectivity index (χ0v) is 17.1. The van der Waals surface area contributed by atoms with E-state index in [-0.39, 0.29) is 18.5 Å². The number of hydrazone groups is 1. The van der Waals surface area contributed by atoms with E-state index in [9.17, 15) is 4.79 Å². The Bertz CT molecular complexity index is 1200. The number of halogens is 1. The summed E-state index contributed by atoms with van der Waals surface area (Å²) in [5.41, 5.74) is 2.18. The molecule has 0 spiro atoms. The summed E-state index contributed by atoms with van der Waals surface area (Å²) < 4.78 is 12.7. The van der Waals surface area contributed by atoms with Crippen molar-refractivity contribution in [3.63, 3.8) is 0 Å². The molecule has 1 amide bonds. The number of anilines is 1. The van der Waals surface area contributed by atoms with Gasteiger partial charge in [0.05, 0.1) is 29.8 Å². The highest BCUT2D eigenvalue weighted by Gasteiger charge is 2.35. The third kappa shape index (κ3) is 3.85. The predicted octanol–water partition coefficient (Wildman–Crippen LogP) is 4.50. The van der Waals surface area contributed by atoms with Crippen molar-refractivity contribution >= 4 is 28.9 Å². The minimum atomic E-state index is -0.324. The summed E-state index contributed by atoms with van der Waals surface area (Å²) in [6, 6.07) is 14.2. The van der Waals surface area contributed by atoms with Crippen LogP contribution in [0.1, 0.15) is 24.0 Å². The lowest BCUT2D eigenvalue weighted by molar-refractivity contribution is -0.131. The fourth-order valence-electron chi connectivity index (χ4n) is 3.51. The molecule has 4 aromatic rings. The number of nitrogens with zero attached hydrogens (tertiary/aromatic N) is 4. The number of hydrogen-bond acceptors (Lipinski definition) is 6. The van der Waals surface area contributed by atoms with Crippen LogP contribution in [0.2, 0.25) is 5.02 Å². The lowest BCUT2D eigenvalue weighted by Crippen LogP contribution is -2.32. The Balaban J connectivity index is 1.32. The minimum Gasteiger partial charge on any atom is -0.467 e. The molecule has 156 valence electrons. The third-order valence-electron chi connectivity index (χ3n) is 4.99. The molecule has 0 radical (unpaired) electrons. The maximum absolute atomic E-state index is 13.0. The smallest absolute Gasteiger partial charge is 0.262 e. The van der Waals surface area contributed by atoms with Crippen LogP contribution < -0.4 is 5.32 Å². The molecule has 0 aliphatic carbocycles. The van der Waals surface area contributed by atoms with Crippen LogP contribution in [0.3, 0.4) is 0 Å². The van der Waals surface area contributed by atoms with E-state index in [0.717, 1.165) is 11.4 Å². The molecule has 1 aliphatic heterocycles. The molecule has 31 heavy (non-hydrogen) atoms. The monoisotopic (exact) mass is 435 g/mol. The van der Waals surface area contributed by atoms with E-state index in [0.29, 0.717) is 28.7 Å². The highest BCUT2D eigenvalue weighted by molar-refractivity contribution is 6.32. The third-order valence-corrected chi connectivity index (χ3v) is 5.29. The summed E-state index contributed by atoms with van der Waals surface area (Å²) in [6.45, 7) is 0.0452. The first-order valence-corrected chi connectivity index (χ1v) is 10.1. The maximum atomic E-state index is 13.0. The summed E-state index contributed by atoms with van der Waals surface area (Å²) in [6.07, 6.45) is 7.18. The highest BCUT2D eigenvalue weighted by Crippen LogP contribution is 2.33. The molecule has 0 fully saturated rings. The molecule has 9 heteroatoms. The fraction of sp³-hybridized carbons (Fsp3) is 0.136. The van der Waals surface area contributed by atoms with E-state index < -0.39 is 0 Å². The largest absolute Gasteiger partial charge is 0.467 e. The number of carbonyl (C=O) groups is 1. The van der Waals surface area contributed by atoms with Crippen LogP contribution in [0.15, 0.2) is 87.4 Å². The Morgan fingerprint density at radius 1 is 1.16 bits per heavy atom. The summed E-state index contributed by atoms with van der Waals surface area (Å²) >= 11 is 6.39. The van der Waals surface area contributed by atoms with Crippen LogP contribution in [-0.4, -0.2) is 33.0 Å². The molecule has 1 N–H and O–H groups in total. The Morgan fingerprint density at radius 2 is 2.03 bits per heavy atom. The number of benzene rings is 1. The van der Waals surface area contributed by atoms with Gasteiger partial charge < -0.3 is 14.2 Å². The first-order chi connectivity index (χ1) is 15.2. The second-order valence-corrected chi connectivity index (χ2v) is 7.38. The number of aromatic nitrogens is 2. The lowest BCUT2D eigenvalue weighted by atomic mass is 10.1. The van der Waals surface area contributed by atoms with Gasteiger partial charge in [0.2, 0.25) is 0 Å². The Kier molecular flexibility index (Phi) is 5.05. The van der Waals surface area contributed by atoms with Crippen molar-refractivity contribution in [2.75, 3.05) is 11.9 Å². The van der Waals surface area contributed by atoms with Crippen molar-refractivity contribution in [3.05, 3.63) is 90.0 Å². The Hall–Kier alpha value is -3.78. The number of hydrogen-bond donors (Lipinski definition) is 1. The van der Waals surface area contributed by atoms with Gasteiger partial charge in [0.1, 0.15) is 23.3 Å². The van der Waals surface area contributed by atoms with E-state index in [4.69, 9.17) is 20.4 Å². The van der Waals surface area contributed by atoms with Gasteiger partial charge in [0.15, 0.2) is 0 Å². The zero-order chi connectivity index (χ0) is 21.2. The summed E-state index contributed by atoms with van der Waals surface area (Å²) in [5.74, 6) is 1.11. The van der Waals surface area contributed by atoms with E-state index >= 15 is 0 Å². The van der Waals surface area contributed by atoms with Crippen LogP contribution in [-0.2, 0) is 4.79 Å². The van der Waals surface area contributed by atoms with E-state index in [1.807, 2.05) is 36.5 Å². The molecule has 0 saturated heterocycles. The van der Waals surface area contributed by atoms with Crippen molar-refractivity contribution in [2.24, 2.45) is 5.10 Å². The van der Waals surface area contributed by atoms with Gasteiger partial charge in [-0.2, -0.15) is 10.2 Å². The van der Waals surface area contributed by atoms with E-state index in [1.165, 1.54) is 5.01 Å². The van der Waals surface area contributed by atoms with Gasteiger partial charge in [-0.3, -0.25) is 4.79 Å². The Morgan fingerprint density at radius 3 is 2.74 bits per heavy atom. The molecule has 0 saturated carbocycles. The first kappa shape index (κ1) is 19.2. The van der Waals surface area contributed by atoms with Gasteiger partial charge in [-0.05, 0) is 48.5 Å². The quantitative estimate of drug-likeness (QED) is 0.481. The van der Waals surface area contributed by atoms with Gasteiger partial charge in [0, 0.05) is 24.5 Å². The summed E-state index contributed by atoms with van der Waals surface area (Å²) in [5, 5.41) is 13.8. The molecule has 5 rings (SSSR count). The molecular formula is C22H18ClN5O3. The number of furan rings is 2. The van der Waals surface area contributed by atoms with Crippen LogP contribution in [0, 0.1) is 0 Å². The minimum absolute atomic E-state index is 0.0452. The van der Waals surface area contributed by atoms with Crippen LogP contribution >= 0.6 is 11.6 Å². The molecule has 1 aromatic carbocycles. The van der Waals surface area contributed by atoms with Crippen molar-refractivity contribution in [3.8, 4) is 5.69 Å². The lowest BCUT2D eigenvalue weighted by Gasteiger charge is -2.20.